The van der Waals surface area contributed by atoms with Crippen molar-refractivity contribution in [1.82, 2.24) is 5.32 Å². The Bertz CT molecular complexity index is 481. The zero-order chi connectivity index (χ0) is 13.9. The molecule has 0 spiro atoms. The van der Waals surface area contributed by atoms with Crippen LogP contribution in [0.15, 0.2) is 18.2 Å². The highest BCUT2D eigenvalue weighted by Gasteiger charge is 2.28. The van der Waals surface area contributed by atoms with E-state index in [0.717, 1.165) is 11.1 Å². The normalized spacial score (nSPS) is 10.9. The molecule has 0 saturated heterocycles. The summed E-state index contributed by atoms with van der Waals surface area (Å²) in [4.78, 5) is 22.5. The fraction of sp³-hybridized carbons (Fsp3) is 0.385. The van der Waals surface area contributed by atoms with E-state index in [1.807, 2.05) is 26.0 Å². The molecule has 2 amide bonds. The first-order valence-corrected chi connectivity index (χ1v) is 5.62. The summed E-state index contributed by atoms with van der Waals surface area (Å²) in [5.74, 6) is -1.09. The van der Waals surface area contributed by atoms with Crippen molar-refractivity contribution < 1.29 is 14.7 Å². The quantitative estimate of drug-likeness (QED) is 0.770. The number of urea groups is 1. The standard InChI is InChI=1S/C13H18N2O3/c1-8-5-6-10(7-9(8)2)14-12(18)15-13(3,4)11(16)17/h5-7H,1-4H3,(H,16,17)(H2,14,15,18). The van der Waals surface area contributed by atoms with Crippen LogP contribution in [0.3, 0.4) is 0 Å². The number of hydrogen-bond donors (Lipinski definition) is 3. The van der Waals surface area contributed by atoms with Crippen LogP contribution in [0.5, 0.6) is 0 Å². The Kier molecular flexibility index (Phi) is 3.96. The minimum Gasteiger partial charge on any atom is -0.480 e. The van der Waals surface area contributed by atoms with Crippen LogP contribution in [-0.2, 0) is 4.79 Å². The molecule has 1 aromatic carbocycles. The molecule has 0 saturated carbocycles. The van der Waals surface area contributed by atoms with E-state index in [9.17, 15) is 9.59 Å². The average molecular weight is 250 g/mol. The molecule has 5 nitrogen and oxygen atoms in total. The fourth-order valence-electron chi connectivity index (χ4n) is 1.32. The second-order valence-electron chi connectivity index (χ2n) is 4.81. The maximum absolute atomic E-state index is 11.6. The fourth-order valence-corrected chi connectivity index (χ4v) is 1.32. The number of carboxylic acids is 1. The number of rotatable bonds is 3. The molecule has 5 heteroatoms. The van der Waals surface area contributed by atoms with Gasteiger partial charge in [0.25, 0.3) is 0 Å². The van der Waals surface area contributed by atoms with Crippen LogP contribution < -0.4 is 10.6 Å². The summed E-state index contributed by atoms with van der Waals surface area (Å²) in [6.07, 6.45) is 0. The van der Waals surface area contributed by atoms with Gasteiger partial charge in [-0.15, -0.1) is 0 Å². The Hall–Kier alpha value is -2.04. The van der Waals surface area contributed by atoms with E-state index in [-0.39, 0.29) is 0 Å². The molecule has 0 aliphatic rings. The zero-order valence-electron chi connectivity index (χ0n) is 11.0. The lowest BCUT2D eigenvalue weighted by molar-refractivity contribution is -0.142. The largest absolute Gasteiger partial charge is 0.480 e. The lowest BCUT2D eigenvalue weighted by Crippen LogP contribution is -2.51. The highest BCUT2D eigenvalue weighted by molar-refractivity contribution is 5.93. The monoisotopic (exact) mass is 250 g/mol. The summed E-state index contributed by atoms with van der Waals surface area (Å²) in [6.45, 7) is 6.77. The van der Waals surface area contributed by atoms with Gasteiger partial charge in [0.1, 0.15) is 5.54 Å². The number of aliphatic carboxylic acids is 1. The van der Waals surface area contributed by atoms with Gasteiger partial charge in [-0.05, 0) is 51.0 Å². The van der Waals surface area contributed by atoms with Gasteiger partial charge in [0.15, 0.2) is 0 Å². The third-order valence-electron chi connectivity index (χ3n) is 2.73. The number of nitrogens with one attached hydrogen (secondary N) is 2. The number of benzene rings is 1. The molecule has 0 heterocycles. The summed E-state index contributed by atoms with van der Waals surface area (Å²) in [5, 5.41) is 13.9. The van der Waals surface area contributed by atoms with Crippen LogP contribution in [0.4, 0.5) is 10.5 Å². The molecule has 1 aromatic rings. The molecule has 3 N–H and O–H groups in total. The summed E-state index contributed by atoms with van der Waals surface area (Å²) in [5.41, 5.74) is 1.53. The van der Waals surface area contributed by atoms with Crippen molar-refractivity contribution in [3.8, 4) is 0 Å². The zero-order valence-corrected chi connectivity index (χ0v) is 11.0. The molecule has 0 aromatic heterocycles. The Labute approximate surface area is 106 Å². The van der Waals surface area contributed by atoms with Gasteiger partial charge in [0.05, 0.1) is 0 Å². The molecule has 0 bridgehead atoms. The SMILES string of the molecule is Cc1ccc(NC(=O)NC(C)(C)C(=O)O)cc1C. The smallest absolute Gasteiger partial charge is 0.328 e. The number of amides is 2. The first kappa shape index (κ1) is 14.0. The van der Waals surface area contributed by atoms with Gasteiger partial charge in [-0.3, -0.25) is 0 Å². The predicted octanol–water partition coefficient (Wildman–Crippen LogP) is 2.29. The molecule has 0 aliphatic heterocycles. The Morgan fingerprint density at radius 3 is 2.28 bits per heavy atom. The van der Waals surface area contributed by atoms with Crippen LogP contribution in [0, 0.1) is 13.8 Å². The molecule has 98 valence electrons. The van der Waals surface area contributed by atoms with E-state index in [0.29, 0.717) is 5.69 Å². The molecule has 0 unspecified atom stereocenters. The van der Waals surface area contributed by atoms with Gasteiger partial charge < -0.3 is 15.7 Å². The lowest BCUT2D eigenvalue weighted by Gasteiger charge is -2.21. The lowest BCUT2D eigenvalue weighted by atomic mass is 10.1. The molecular weight excluding hydrogens is 232 g/mol. The average Bonchev–Trinajstić information content (AvgIpc) is 2.22. The third kappa shape index (κ3) is 3.48. The van der Waals surface area contributed by atoms with Crippen molar-refractivity contribution in [3.63, 3.8) is 0 Å². The van der Waals surface area contributed by atoms with E-state index >= 15 is 0 Å². The molecule has 18 heavy (non-hydrogen) atoms. The molecule has 0 fully saturated rings. The van der Waals surface area contributed by atoms with Gasteiger partial charge in [-0.1, -0.05) is 6.07 Å². The van der Waals surface area contributed by atoms with Gasteiger partial charge in [-0.2, -0.15) is 0 Å². The third-order valence-corrected chi connectivity index (χ3v) is 2.73. The topological polar surface area (TPSA) is 78.4 Å². The molecule has 0 radical (unpaired) electrons. The summed E-state index contributed by atoms with van der Waals surface area (Å²) >= 11 is 0. The number of carbonyl (C=O) groups excluding carboxylic acids is 1. The highest BCUT2D eigenvalue weighted by atomic mass is 16.4. The summed E-state index contributed by atoms with van der Waals surface area (Å²) in [6, 6.07) is 4.97. The van der Waals surface area contributed by atoms with Crippen LogP contribution in [0.2, 0.25) is 0 Å². The van der Waals surface area contributed by atoms with Crippen LogP contribution >= 0.6 is 0 Å². The van der Waals surface area contributed by atoms with Crippen LogP contribution in [0.25, 0.3) is 0 Å². The van der Waals surface area contributed by atoms with E-state index < -0.39 is 17.5 Å². The minimum atomic E-state index is -1.30. The van der Waals surface area contributed by atoms with Gasteiger partial charge in [-0.25, -0.2) is 9.59 Å². The van der Waals surface area contributed by atoms with Crippen LogP contribution in [-0.4, -0.2) is 22.6 Å². The Morgan fingerprint density at radius 1 is 1.17 bits per heavy atom. The molecular formula is C13H18N2O3. The maximum Gasteiger partial charge on any atom is 0.328 e. The highest BCUT2D eigenvalue weighted by Crippen LogP contribution is 2.14. The summed E-state index contributed by atoms with van der Waals surface area (Å²) < 4.78 is 0. The molecule has 0 atom stereocenters. The van der Waals surface area contributed by atoms with Crippen molar-refractivity contribution in [1.29, 1.82) is 0 Å². The maximum atomic E-state index is 11.6. The van der Waals surface area contributed by atoms with E-state index in [4.69, 9.17) is 5.11 Å². The van der Waals surface area contributed by atoms with Gasteiger partial charge >= 0.3 is 12.0 Å². The number of hydrogen-bond acceptors (Lipinski definition) is 2. The van der Waals surface area contributed by atoms with Gasteiger partial charge in [0, 0.05) is 5.69 Å². The second kappa shape index (κ2) is 5.08. The minimum absolute atomic E-state index is 0.536. The van der Waals surface area contributed by atoms with Crippen molar-refractivity contribution in [2.45, 2.75) is 33.2 Å². The number of carbonyl (C=O) groups is 2. The van der Waals surface area contributed by atoms with E-state index in [1.54, 1.807) is 6.07 Å². The Morgan fingerprint density at radius 2 is 1.78 bits per heavy atom. The van der Waals surface area contributed by atoms with Crippen molar-refractivity contribution >= 4 is 17.7 Å². The number of anilines is 1. The van der Waals surface area contributed by atoms with Gasteiger partial charge in [0.2, 0.25) is 0 Å². The first-order valence-electron chi connectivity index (χ1n) is 5.62. The van der Waals surface area contributed by atoms with Crippen molar-refractivity contribution in [2.24, 2.45) is 0 Å². The predicted molar refractivity (Wildman–Crippen MR) is 69.8 cm³/mol. The first-order chi connectivity index (χ1) is 8.22. The van der Waals surface area contributed by atoms with Crippen molar-refractivity contribution in [2.75, 3.05) is 5.32 Å². The number of carboxylic acid groups (broad SMARTS) is 1. The van der Waals surface area contributed by atoms with Crippen molar-refractivity contribution in [3.05, 3.63) is 29.3 Å². The Balaban J connectivity index is 2.71. The summed E-state index contributed by atoms with van der Waals surface area (Å²) in [7, 11) is 0. The van der Waals surface area contributed by atoms with E-state index in [1.165, 1.54) is 13.8 Å². The van der Waals surface area contributed by atoms with E-state index in [2.05, 4.69) is 10.6 Å². The molecule has 1 rings (SSSR count). The molecule has 0 aliphatic carbocycles. The van der Waals surface area contributed by atoms with Crippen LogP contribution in [0.1, 0.15) is 25.0 Å². The second-order valence-corrected chi connectivity index (χ2v) is 4.81. The number of aryl methyl sites for hydroxylation is 2.